The highest BCUT2D eigenvalue weighted by molar-refractivity contribution is 4.62. The molecule has 0 N–H and O–H groups in total. The van der Waals surface area contributed by atoms with E-state index < -0.39 is 0 Å². The topological polar surface area (TPSA) is 18.5 Å². The van der Waals surface area contributed by atoms with E-state index in [9.17, 15) is 0 Å². The van der Waals surface area contributed by atoms with Gasteiger partial charge in [0.2, 0.25) is 6.29 Å². The zero-order chi connectivity index (χ0) is 24.1. The lowest BCUT2D eigenvalue weighted by Crippen LogP contribution is -2.09. The van der Waals surface area contributed by atoms with Crippen LogP contribution in [0.5, 0.6) is 0 Å². The van der Waals surface area contributed by atoms with Crippen LogP contribution in [-0.2, 0) is 9.47 Å². The first kappa shape index (κ1) is 32.9. The summed E-state index contributed by atoms with van der Waals surface area (Å²) in [5.74, 6) is 0. The molecule has 0 spiro atoms. The minimum Gasteiger partial charge on any atom is -0.345 e. The Morgan fingerprint density at radius 1 is 0.333 bits per heavy atom. The fourth-order valence-corrected chi connectivity index (χ4v) is 4.50. The molecule has 0 saturated heterocycles. The van der Waals surface area contributed by atoms with Gasteiger partial charge in [0.25, 0.3) is 0 Å². The second kappa shape index (κ2) is 30.0. The predicted molar refractivity (Wildman–Crippen MR) is 148 cm³/mol. The van der Waals surface area contributed by atoms with Crippen molar-refractivity contribution in [3.8, 4) is 0 Å². The number of hydrogen-bond donors (Lipinski definition) is 0. The smallest absolute Gasteiger partial charge is 0.223 e. The van der Waals surface area contributed by atoms with Gasteiger partial charge in [-0.25, -0.2) is 0 Å². The van der Waals surface area contributed by atoms with E-state index in [1.807, 2.05) is 0 Å². The van der Waals surface area contributed by atoms with Gasteiger partial charge >= 0.3 is 0 Å². The van der Waals surface area contributed by atoms with Crippen molar-refractivity contribution in [1.29, 1.82) is 0 Å². The molecule has 0 fully saturated rings. The van der Waals surface area contributed by atoms with Gasteiger partial charge in [-0.05, 0) is 12.8 Å². The second-order valence-corrected chi connectivity index (χ2v) is 10.2. The van der Waals surface area contributed by atoms with Crippen LogP contribution in [0.1, 0.15) is 181 Å². The van der Waals surface area contributed by atoms with Crippen LogP contribution in [0.15, 0.2) is 0 Å². The molecule has 0 aliphatic carbocycles. The lowest BCUT2D eigenvalue weighted by Gasteiger charge is -2.15. The van der Waals surface area contributed by atoms with E-state index in [0.717, 1.165) is 25.9 Å². The minimum atomic E-state index is 0.832. The summed E-state index contributed by atoms with van der Waals surface area (Å²) in [6.45, 7) is 8.39. The number of unbranched alkanes of at least 4 members (excludes halogenated alkanes) is 22. The standard InChI is InChI=1S/C31H63O2/c1-4-7-9-11-13-15-17-19-21-23-25-27-29-32-31(6-3)33-30-28-26-24-22-20-18-16-14-12-10-8-5-2/h4-30H2,1-3H3. The second-order valence-electron chi connectivity index (χ2n) is 10.2. The monoisotopic (exact) mass is 467 g/mol. The zero-order valence-electron chi connectivity index (χ0n) is 23.4. The molecule has 1 radical (unpaired) electrons. The summed E-state index contributed by atoms with van der Waals surface area (Å²) in [4.78, 5) is 0. The van der Waals surface area contributed by atoms with Gasteiger partial charge in [-0.15, -0.1) is 0 Å². The van der Waals surface area contributed by atoms with Gasteiger partial charge in [0, 0.05) is 6.42 Å². The van der Waals surface area contributed by atoms with Crippen molar-refractivity contribution in [2.24, 2.45) is 0 Å². The van der Waals surface area contributed by atoms with E-state index in [2.05, 4.69) is 20.8 Å². The molecule has 0 aromatic carbocycles. The molecule has 0 saturated carbocycles. The van der Waals surface area contributed by atoms with E-state index in [1.165, 1.54) is 154 Å². The Labute approximate surface area is 210 Å². The molecule has 0 heterocycles. The molecular weight excluding hydrogens is 404 g/mol. The molecule has 0 aromatic rings. The van der Waals surface area contributed by atoms with Gasteiger partial charge in [0.15, 0.2) is 0 Å². The maximum absolute atomic E-state index is 5.88. The molecule has 0 rings (SSSR count). The summed E-state index contributed by atoms with van der Waals surface area (Å²) in [5.41, 5.74) is 0. The van der Waals surface area contributed by atoms with Crippen LogP contribution in [0.2, 0.25) is 0 Å². The summed E-state index contributed by atoms with van der Waals surface area (Å²) in [6, 6.07) is 0. The molecule has 0 aromatic heterocycles. The fourth-order valence-electron chi connectivity index (χ4n) is 4.50. The van der Waals surface area contributed by atoms with Crippen molar-refractivity contribution in [1.82, 2.24) is 0 Å². The molecule has 0 unspecified atom stereocenters. The first-order chi connectivity index (χ1) is 16.3. The van der Waals surface area contributed by atoms with Gasteiger partial charge in [-0.1, -0.05) is 162 Å². The Bertz CT molecular complexity index is 301. The highest BCUT2D eigenvalue weighted by Gasteiger charge is 2.08. The highest BCUT2D eigenvalue weighted by atomic mass is 16.7. The zero-order valence-corrected chi connectivity index (χ0v) is 23.4. The third-order valence-electron chi connectivity index (χ3n) is 6.81. The van der Waals surface area contributed by atoms with Crippen molar-refractivity contribution in [2.75, 3.05) is 13.2 Å². The molecule has 0 amide bonds. The maximum Gasteiger partial charge on any atom is 0.223 e. The summed E-state index contributed by atoms with van der Waals surface area (Å²) in [5, 5.41) is 0. The van der Waals surface area contributed by atoms with Crippen molar-refractivity contribution in [3.63, 3.8) is 0 Å². The van der Waals surface area contributed by atoms with Gasteiger partial charge in [0.1, 0.15) is 0 Å². The molecule has 0 aliphatic heterocycles. The average Bonchev–Trinajstić information content (AvgIpc) is 2.83. The summed E-state index contributed by atoms with van der Waals surface area (Å²) >= 11 is 0. The van der Waals surface area contributed by atoms with Crippen LogP contribution >= 0.6 is 0 Å². The molecule has 0 atom stereocenters. The Balaban J connectivity index is 3.26. The Morgan fingerprint density at radius 2 is 0.576 bits per heavy atom. The molecule has 0 aliphatic rings. The van der Waals surface area contributed by atoms with Crippen LogP contribution < -0.4 is 0 Å². The molecule has 33 heavy (non-hydrogen) atoms. The van der Waals surface area contributed by atoms with Gasteiger partial charge in [-0.3, -0.25) is 0 Å². The maximum atomic E-state index is 5.88. The first-order valence-electron chi connectivity index (χ1n) is 15.5. The Kier molecular flexibility index (Phi) is 29.9. The van der Waals surface area contributed by atoms with E-state index in [1.54, 1.807) is 0 Å². The van der Waals surface area contributed by atoms with Crippen molar-refractivity contribution in [3.05, 3.63) is 6.29 Å². The molecule has 2 nitrogen and oxygen atoms in total. The summed E-state index contributed by atoms with van der Waals surface area (Å²) in [7, 11) is 0. The van der Waals surface area contributed by atoms with E-state index in [4.69, 9.17) is 9.47 Å². The third-order valence-corrected chi connectivity index (χ3v) is 6.81. The molecule has 0 bridgehead atoms. The lowest BCUT2D eigenvalue weighted by molar-refractivity contribution is -0.0507. The van der Waals surface area contributed by atoms with Crippen molar-refractivity contribution >= 4 is 0 Å². The van der Waals surface area contributed by atoms with Crippen LogP contribution in [0, 0.1) is 6.29 Å². The predicted octanol–water partition coefficient (Wildman–Crippen LogP) is 11.3. The summed E-state index contributed by atoms with van der Waals surface area (Å²) < 4.78 is 11.8. The van der Waals surface area contributed by atoms with E-state index in [0.29, 0.717) is 0 Å². The van der Waals surface area contributed by atoms with Crippen LogP contribution in [-0.4, -0.2) is 13.2 Å². The van der Waals surface area contributed by atoms with Crippen LogP contribution in [0.3, 0.4) is 0 Å². The van der Waals surface area contributed by atoms with Gasteiger partial charge in [-0.2, -0.15) is 0 Å². The SMILES string of the molecule is CCCCCCCCCCCCCCO[C](CC)OCCCCCCCCCCCCCC. The number of ether oxygens (including phenoxy) is 2. The molecular formula is C31H63O2. The van der Waals surface area contributed by atoms with Crippen molar-refractivity contribution < 1.29 is 9.47 Å². The third kappa shape index (κ3) is 28.0. The fraction of sp³-hybridized carbons (Fsp3) is 0.968. The molecule has 199 valence electrons. The lowest BCUT2D eigenvalue weighted by atomic mass is 10.1. The normalized spacial score (nSPS) is 11.6. The van der Waals surface area contributed by atoms with Crippen LogP contribution in [0.4, 0.5) is 0 Å². The first-order valence-corrected chi connectivity index (χ1v) is 15.5. The average molecular weight is 468 g/mol. The van der Waals surface area contributed by atoms with E-state index in [-0.39, 0.29) is 0 Å². The van der Waals surface area contributed by atoms with E-state index >= 15 is 0 Å². The number of hydrogen-bond acceptors (Lipinski definition) is 2. The largest absolute Gasteiger partial charge is 0.345 e. The Morgan fingerprint density at radius 3 is 0.818 bits per heavy atom. The molecule has 2 heteroatoms. The van der Waals surface area contributed by atoms with Crippen LogP contribution in [0.25, 0.3) is 0 Å². The van der Waals surface area contributed by atoms with Gasteiger partial charge < -0.3 is 9.47 Å². The summed E-state index contributed by atoms with van der Waals surface area (Å²) in [6.07, 6.45) is 35.0. The quantitative estimate of drug-likeness (QED) is 0.102. The van der Waals surface area contributed by atoms with Crippen molar-refractivity contribution in [2.45, 2.75) is 181 Å². The Hall–Kier alpha value is -0.0800. The number of rotatable bonds is 29. The van der Waals surface area contributed by atoms with Gasteiger partial charge in [0.05, 0.1) is 13.2 Å². The highest BCUT2D eigenvalue weighted by Crippen LogP contribution is 2.16. The minimum absolute atomic E-state index is 0.832.